The second-order valence-electron chi connectivity index (χ2n) is 15.8. The molecule has 10 heteroatoms. The molecule has 6 unspecified atom stereocenters. The van der Waals surface area contributed by atoms with Crippen LogP contribution in [0.25, 0.3) is 0 Å². The van der Waals surface area contributed by atoms with Gasteiger partial charge in [-0.2, -0.15) is 0 Å². The van der Waals surface area contributed by atoms with E-state index in [1.165, 1.54) is 77.0 Å². The molecule has 4 N–H and O–H groups in total. The number of aliphatic hydroxyl groups is 4. The molecule has 0 spiro atoms. The minimum absolute atomic E-state index is 0.217. The third-order valence-corrected chi connectivity index (χ3v) is 10.4. The van der Waals surface area contributed by atoms with Crippen LogP contribution in [-0.4, -0.2) is 89.0 Å². The minimum atomic E-state index is -1.60. The second kappa shape index (κ2) is 38.8. The molecule has 1 fully saturated rings. The molecule has 1 saturated heterocycles. The minimum Gasteiger partial charge on any atom is -0.462 e. The molecule has 0 aliphatic carbocycles. The van der Waals surface area contributed by atoms with Crippen molar-refractivity contribution in [3.63, 3.8) is 0 Å². The van der Waals surface area contributed by atoms with Gasteiger partial charge in [-0.1, -0.05) is 146 Å². The standard InChI is InChI=1S/C48H84O10/c1-3-5-7-9-11-13-15-17-19-20-21-23-25-27-29-31-33-35-37-44(51)57-41(40-56-48-47(54)46(53)45(52)42(38-49)58-48)39-55-43(50)36-34-32-30-28-26-24-22-18-16-14-12-10-8-6-4-2/h12-15,18-20,22,41-42,45-49,52-54H,3-11,16-17,21,23-40H2,1-2H3/b14-12-,15-13-,20-19-,22-18-. The maximum Gasteiger partial charge on any atom is 0.306 e. The highest BCUT2D eigenvalue weighted by atomic mass is 16.7. The van der Waals surface area contributed by atoms with Gasteiger partial charge in [-0.3, -0.25) is 9.59 Å². The Morgan fingerprint density at radius 1 is 0.534 bits per heavy atom. The molecule has 58 heavy (non-hydrogen) atoms. The van der Waals surface area contributed by atoms with Gasteiger partial charge < -0.3 is 39.4 Å². The van der Waals surface area contributed by atoms with Crippen LogP contribution in [0.3, 0.4) is 0 Å². The van der Waals surface area contributed by atoms with Crippen LogP contribution in [0.1, 0.15) is 187 Å². The van der Waals surface area contributed by atoms with Crippen LogP contribution in [0, 0.1) is 0 Å². The van der Waals surface area contributed by atoms with E-state index in [-0.39, 0.29) is 26.1 Å². The molecular formula is C48H84O10. The predicted molar refractivity (Wildman–Crippen MR) is 233 cm³/mol. The zero-order valence-corrected chi connectivity index (χ0v) is 36.5. The number of carbonyl (C=O) groups excluding carboxylic acids is 2. The van der Waals surface area contributed by atoms with Gasteiger partial charge in [0.15, 0.2) is 12.4 Å². The van der Waals surface area contributed by atoms with Gasteiger partial charge in [0.25, 0.3) is 0 Å². The number of rotatable bonds is 38. The number of aliphatic hydroxyl groups excluding tert-OH is 4. The summed E-state index contributed by atoms with van der Waals surface area (Å²) in [6, 6.07) is 0. The lowest BCUT2D eigenvalue weighted by molar-refractivity contribution is -0.305. The molecule has 336 valence electrons. The first-order valence-corrected chi connectivity index (χ1v) is 23.2. The highest BCUT2D eigenvalue weighted by molar-refractivity contribution is 5.70. The van der Waals surface area contributed by atoms with Gasteiger partial charge in [-0.15, -0.1) is 0 Å². The zero-order chi connectivity index (χ0) is 42.3. The van der Waals surface area contributed by atoms with E-state index in [1.807, 2.05) is 0 Å². The Bertz CT molecular complexity index is 1090. The van der Waals surface area contributed by atoms with E-state index in [0.29, 0.717) is 12.8 Å². The van der Waals surface area contributed by atoms with Crippen molar-refractivity contribution in [2.45, 2.75) is 224 Å². The maximum absolute atomic E-state index is 12.8. The largest absolute Gasteiger partial charge is 0.462 e. The topological polar surface area (TPSA) is 152 Å². The van der Waals surface area contributed by atoms with Gasteiger partial charge in [0.05, 0.1) is 13.2 Å². The molecule has 0 aromatic rings. The lowest BCUT2D eigenvalue weighted by Gasteiger charge is -2.39. The lowest BCUT2D eigenvalue weighted by atomic mass is 9.99. The molecule has 1 aliphatic heterocycles. The molecule has 6 atom stereocenters. The third-order valence-electron chi connectivity index (χ3n) is 10.4. The second-order valence-corrected chi connectivity index (χ2v) is 15.8. The fourth-order valence-electron chi connectivity index (χ4n) is 6.72. The van der Waals surface area contributed by atoms with Crippen molar-refractivity contribution >= 4 is 11.9 Å². The van der Waals surface area contributed by atoms with Crippen molar-refractivity contribution in [1.29, 1.82) is 0 Å². The Morgan fingerprint density at radius 3 is 1.47 bits per heavy atom. The van der Waals surface area contributed by atoms with Gasteiger partial charge >= 0.3 is 11.9 Å². The van der Waals surface area contributed by atoms with Gasteiger partial charge in [-0.25, -0.2) is 0 Å². The van der Waals surface area contributed by atoms with E-state index in [2.05, 4.69) is 62.5 Å². The van der Waals surface area contributed by atoms with Crippen molar-refractivity contribution < 1.29 is 49.0 Å². The Kier molecular flexibility index (Phi) is 35.9. The number of hydrogen-bond donors (Lipinski definition) is 4. The first kappa shape index (κ1) is 53.7. The Labute approximate surface area is 352 Å². The summed E-state index contributed by atoms with van der Waals surface area (Å²) in [6.07, 6.45) is 38.2. The summed E-state index contributed by atoms with van der Waals surface area (Å²) in [4.78, 5) is 25.3. The maximum atomic E-state index is 12.8. The van der Waals surface area contributed by atoms with Crippen LogP contribution < -0.4 is 0 Å². The Hall–Kier alpha value is -2.34. The Balaban J connectivity index is 2.33. The molecule has 10 nitrogen and oxygen atoms in total. The SMILES string of the molecule is CCCCC/C=C\C/C=C\CCCCCCCC(=O)OCC(COC1OC(CO)C(O)C(O)C1O)OC(=O)CCCCCCCCC/C=C\C/C=C\CCCCCC. The normalized spacial score (nSPS) is 20.6. The molecular weight excluding hydrogens is 737 g/mol. The van der Waals surface area contributed by atoms with E-state index < -0.39 is 55.4 Å². The summed E-state index contributed by atoms with van der Waals surface area (Å²) in [7, 11) is 0. The molecule has 0 saturated carbocycles. The first-order chi connectivity index (χ1) is 28.3. The summed E-state index contributed by atoms with van der Waals surface area (Å²) >= 11 is 0. The molecule has 0 aromatic carbocycles. The number of carbonyl (C=O) groups is 2. The number of hydrogen-bond acceptors (Lipinski definition) is 10. The van der Waals surface area contributed by atoms with Crippen LogP contribution in [0.15, 0.2) is 48.6 Å². The van der Waals surface area contributed by atoms with E-state index in [9.17, 15) is 30.0 Å². The number of unbranched alkanes of at least 4 members (excludes halogenated alkanes) is 19. The molecule has 1 rings (SSSR count). The summed E-state index contributed by atoms with van der Waals surface area (Å²) in [6.45, 7) is 3.36. The summed E-state index contributed by atoms with van der Waals surface area (Å²) in [5, 5.41) is 40.1. The first-order valence-electron chi connectivity index (χ1n) is 23.2. The predicted octanol–water partition coefficient (Wildman–Crippen LogP) is 10.1. The summed E-state index contributed by atoms with van der Waals surface area (Å²) < 4.78 is 22.2. The molecule has 0 amide bonds. The fourth-order valence-corrected chi connectivity index (χ4v) is 6.72. The smallest absolute Gasteiger partial charge is 0.306 e. The molecule has 0 radical (unpaired) electrons. The third kappa shape index (κ3) is 29.8. The molecule has 1 aliphatic rings. The zero-order valence-electron chi connectivity index (χ0n) is 36.5. The van der Waals surface area contributed by atoms with Crippen molar-refractivity contribution in [3.05, 3.63) is 48.6 Å². The van der Waals surface area contributed by atoms with Crippen LogP contribution in [0.4, 0.5) is 0 Å². The van der Waals surface area contributed by atoms with Crippen LogP contribution in [0.5, 0.6) is 0 Å². The number of ether oxygens (including phenoxy) is 4. The van der Waals surface area contributed by atoms with Crippen LogP contribution in [0.2, 0.25) is 0 Å². The summed E-state index contributed by atoms with van der Waals surface area (Å²) in [5.74, 6) is -0.832. The van der Waals surface area contributed by atoms with Crippen molar-refractivity contribution in [2.75, 3.05) is 19.8 Å². The van der Waals surface area contributed by atoms with Gasteiger partial charge in [0.1, 0.15) is 31.0 Å². The Morgan fingerprint density at radius 2 is 0.966 bits per heavy atom. The summed E-state index contributed by atoms with van der Waals surface area (Å²) in [5.41, 5.74) is 0. The van der Waals surface area contributed by atoms with E-state index in [0.717, 1.165) is 70.6 Å². The van der Waals surface area contributed by atoms with E-state index in [1.54, 1.807) is 0 Å². The average molecular weight is 821 g/mol. The van der Waals surface area contributed by atoms with Crippen LogP contribution in [-0.2, 0) is 28.5 Å². The molecule has 1 heterocycles. The number of allylic oxidation sites excluding steroid dienone is 8. The monoisotopic (exact) mass is 821 g/mol. The molecule has 0 bridgehead atoms. The highest BCUT2D eigenvalue weighted by Gasteiger charge is 2.44. The van der Waals surface area contributed by atoms with Crippen molar-refractivity contribution in [3.8, 4) is 0 Å². The lowest BCUT2D eigenvalue weighted by Crippen LogP contribution is -2.59. The quantitative estimate of drug-likeness (QED) is 0.0269. The van der Waals surface area contributed by atoms with Crippen LogP contribution >= 0.6 is 0 Å². The van der Waals surface area contributed by atoms with Gasteiger partial charge in [0, 0.05) is 12.8 Å². The van der Waals surface area contributed by atoms with E-state index >= 15 is 0 Å². The van der Waals surface area contributed by atoms with Gasteiger partial charge in [-0.05, 0) is 77.0 Å². The van der Waals surface area contributed by atoms with Gasteiger partial charge in [0.2, 0.25) is 0 Å². The van der Waals surface area contributed by atoms with Crippen molar-refractivity contribution in [2.24, 2.45) is 0 Å². The fraction of sp³-hybridized carbons (Fsp3) is 0.792. The number of esters is 2. The highest BCUT2D eigenvalue weighted by Crippen LogP contribution is 2.22. The van der Waals surface area contributed by atoms with Crippen molar-refractivity contribution in [1.82, 2.24) is 0 Å². The average Bonchev–Trinajstić information content (AvgIpc) is 3.22. The molecule has 0 aromatic heterocycles. The van der Waals surface area contributed by atoms with E-state index in [4.69, 9.17) is 18.9 Å².